The first kappa shape index (κ1) is 18.4. The van der Waals surface area contributed by atoms with Crippen LogP contribution >= 0.6 is 11.6 Å². The monoisotopic (exact) mass is 407 g/mol. The number of halogens is 4. The highest BCUT2D eigenvalue weighted by Gasteiger charge is 2.27. The number of nitrogens with zero attached hydrogens (tertiary/aromatic N) is 5. The molecule has 0 saturated carbocycles. The second kappa shape index (κ2) is 6.90. The number of alkyl halides is 3. The van der Waals surface area contributed by atoms with Crippen LogP contribution in [0, 0.1) is 6.92 Å². The van der Waals surface area contributed by atoms with E-state index in [0.29, 0.717) is 38.9 Å². The molecule has 0 aliphatic heterocycles. The van der Waals surface area contributed by atoms with Gasteiger partial charge in [-0.2, -0.15) is 13.2 Å². The van der Waals surface area contributed by atoms with E-state index in [1.807, 2.05) is 6.07 Å². The fraction of sp³-hybridized carbons (Fsp3) is 0.222. The number of fused-ring (bicyclic) bond motifs is 3. The lowest BCUT2D eigenvalue weighted by molar-refractivity contribution is -0.139. The van der Waals surface area contributed by atoms with Crippen molar-refractivity contribution in [3.8, 4) is 17.1 Å². The minimum atomic E-state index is -4.28. The first-order valence-electron chi connectivity index (χ1n) is 8.29. The third-order valence-corrected chi connectivity index (χ3v) is 4.42. The van der Waals surface area contributed by atoms with Crippen LogP contribution in [0.2, 0.25) is 5.02 Å². The first-order chi connectivity index (χ1) is 13.3. The zero-order valence-electron chi connectivity index (χ0n) is 14.5. The normalized spacial score (nSPS) is 12.0. The van der Waals surface area contributed by atoms with Gasteiger partial charge >= 0.3 is 6.18 Å². The summed E-state index contributed by atoms with van der Waals surface area (Å²) in [6.45, 7) is 1.32. The molecule has 10 heteroatoms. The van der Waals surface area contributed by atoms with Crippen molar-refractivity contribution < 1.29 is 17.9 Å². The van der Waals surface area contributed by atoms with Gasteiger partial charge in [-0.1, -0.05) is 11.6 Å². The first-order valence-corrected chi connectivity index (χ1v) is 8.67. The molecule has 4 rings (SSSR count). The second-order valence-corrected chi connectivity index (χ2v) is 6.49. The molecule has 1 aromatic carbocycles. The Morgan fingerprint density at radius 1 is 1.14 bits per heavy atom. The van der Waals surface area contributed by atoms with Crippen molar-refractivity contribution in [1.29, 1.82) is 0 Å². The van der Waals surface area contributed by atoms with Crippen LogP contribution in [0.1, 0.15) is 12.1 Å². The van der Waals surface area contributed by atoms with Crippen molar-refractivity contribution in [1.82, 2.24) is 24.6 Å². The van der Waals surface area contributed by atoms with Gasteiger partial charge in [-0.15, -0.1) is 10.2 Å². The molecular formula is C18H13ClF3N5O. The van der Waals surface area contributed by atoms with Gasteiger partial charge in [0.05, 0.1) is 23.7 Å². The molecule has 0 aliphatic carbocycles. The zero-order valence-corrected chi connectivity index (χ0v) is 15.3. The molecule has 0 bridgehead atoms. The quantitative estimate of drug-likeness (QED) is 0.493. The molecule has 4 aromatic rings. The van der Waals surface area contributed by atoms with Crippen LogP contribution < -0.4 is 4.74 Å². The van der Waals surface area contributed by atoms with Gasteiger partial charge in [0.1, 0.15) is 11.3 Å². The number of benzene rings is 1. The van der Waals surface area contributed by atoms with Gasteiger partial charge in [-0.3, -0.25) is 4.40 Å². The molecule has 3 aromatic heterocycles. The Labute approximate surface area is 162 Å². The highest BCUT2D eigenvalue weighted by molar-refractivity contribution is 6.33. The van der Waals surface area contributed by atoms with Crippen molar-refractivity contribution in [3.63, 3.8) is 0 Å². The second-order valence-electron chi connectivity index (χ2n) is 6.08. The summed E-state index contributed by atoms with van der Waals surface area (Å²) in [6, 6.07) is 8.18. The third-order valence-electron chi connectivity index (χ3n) is 4.09. The van der Waals surface area contributed by atoms with Crippen molar-refractivity contribution in [2.75, 3.05) is 6.61 Å². The number of hydrogen-bond donors (Lipinski definition) is 0. The highest BCUT2D eigenvalue weighted by Crippen LogP contribution is 2.32. The fourth-order valence-electron chi connectivity index (χ4n) is 2.82. The highest BCUT2D eigenvalue weighted by atomic mass is 35.5. The molecule has 0 saturated heterocycles. The summed E-state index contributed by atoms with van der Waals surface area (Å²) >= 11 is 6.33. The zero-order chi connectivity index (χ0) is 19.9. The molecule has 0 atom stereocenters. The minimum absolute atomic E-state index is 0.253. The Morgan fingerprint density at radius 3 is 2.75 bits per heavy atom. The predicted octanol–water partition coefficient (Wildman–Crippen LogP) is 4.63. The summed E-state index contributed by atoms with van der Waals surface area (Å²) in [5.41, 5.74) is 2.84. The van der Waals surface area contributed by atoms with Gasteiger partial charge in [-0.25, -0.2) is 9.97 Å². The van der Waals surface area contributed by atoms with Crippen molar-refractivity contribution in [2.45, 2.75) is 19.5 Å². The molecule has 6 nitrogen and oxygen atoms in total. The van der Waals surface area contributed by atoms with E-state index in [9.17, 15) is 13.2 Å². The van der Waals surface area contributed by atoms with E-state index < -0.39 is 19.2 Å². The van der Waals surface area contributed by atoms with Crippen LogP contribution in [0.4, 0.5) is 13.2 Å². The van der Waals surface area contributed by atoms with E-state index in [0.717, 1.165) is 0 Å². The predicted molar refractivity (Wildman–Crippen MR) is 97.4 cm³/mol. The molecular weight excluding hydrogens is 395 g/mol. The van der Waals surface area contributed by atoms with Crippen LogP contribution in [0.5, 0.6) is 5.75 Å². The molecule has 0 aliphatic rings. The molecule has 0 unspecified atom stereocenters. The van der Waals surface area contributed by atoms with E-state index in [1.165, 1.54) is 6.07 Å². The van der Waals surface area contributed by atoms with Crippen molar-refractivity contribution in [2.24, 2.45) is 0 Å². The maximum Gasteiger partial charge on any atom is 0.392 e. The van der Waals surface area contributed by atoms with Crippen LogP contribution in [0.25, 0.3) is 28.2 Å². The molecule has 0 N–H and O–H groups in total. The topological polar surface area (TPSA) is 65.2 Å². The van der Waals surface area contributed by atoms with Gasteiger partial charge in [-0.05, 0) is 37.3 Å². The summed E-state index contributed by atoms with van der Waals surface area (Å²) in [4.78, 5) is 8.82. The Hall–Kier alpha value is -2.94. The average Bonchev–Trinajstić information content (AvgIpc) is 3.08. The van der Waals surface area contributed by atoms with E-state index in [4.69, 9.17) is 16.3 Å². The molecule has 0 spiro atoms. The van der Waals surface area contributed by atoms with Gasteiger partial charge in [0.15, 0.2) is 17.1 Å². The number of hydrogen-bond acceptors (Lipinski definition) is 5. The number of ether oxygens (including phenoxy) is 1. The summed E-state index contributed by atoms with van der Waals surface area (Å²) < 4.78 is 44.0. The molecule has 0 radical (unpaired) electrons. The Bertz CT molecular complexity index is 1180. The lowest BCUT2D eigenvalue weighted by atomic mass is 10.2. The molecule has 0 amide bonds. The average molecular weight is 408 g/mol. The molecule has 3 heterocycles. The van der Waals surface area contributed by atoms with Crippen LogP contribution in [0.15, 0.2) is 36.5 Å². The maximum absolute atomic E-state index is 12.4. The Kier molecular flexibility index (Phi) is 4.54. The lowest BCUT2D eigenvalue weighted by Gasteiger charge is -2.11. The molecule has 28 heavy (non-hydrogen) atoms. The van der Waals surface area contributed by atoms with E-state index in [-0.39, 0.29) is 5.75 Å². The van der Waals surface area contributed by atoms with Gasteiger partial charge in [0.25, 0.3) is 0 Å². The van der Waals surface area contributed by atoms with E-state index in [2.05, 4.69) is 20.2 Å². The smallest absolute Gasteiger partial charge is 0.392 e. The van der Waals surface area contributed by atoms with Crippen molar-refractivity contribution in [3.05, 3.63) is 47.2 Å². The SMILES string of the molecule is Cc1nc2cccnc2n2c(-c3cc(OCCC(F)(F)F)ccc3Cl)nnc12. The number of pyridine rings is 1. The summed E-state index contributed by atoms with van der Waals surface area (Å²) in [5, 5.41) is 8.74. The van der Waals surface area contributed by atoms with Crippen LogP contribution in [0.3, 0.4) is 0 Å². The molecule has 144 valence electrons. The standard InChI is InChI=1S/C18H13ClF3N5O/c1-10-15-25-26-16(27(15)17-14(24-10)3-2-7-23-17)12-9-11(4-5-13(12)19)28-8-6-18(20,21)22/h2-5,7,9H,6,8H2,1H3. The van der Waals surface area contributed by atoms with Gasteiger partial charge in [0.2, 0.25) is 0 Å². The van der Waals surface area contributed by atoms with Crippen LogP contribution in [-0.2, 0) is 0 Å². The number of aromatic nitrogens is 5. The summed E-state index contributed by atoms with van der Waals surface area (Å²) in [6.07, 6.45) is -3.70. The third kappa shape index (κ3) is 3.45. The largest absolute Gasteiger partial charge is 0.493 e. The van der Waals surface area contributed by atoms with E-state index >= 15 is 0 Å². The number of aryl methyl sites for hydroxylation is 1. The Balaban J connectivity index is 1.81. The van der Waals surface area contributed by atoms with Crippen molar-refractivity contribution >= 4 is 28.4 Å². The maximum atomic E-state index is 12.4. The van der Waals surface area contributed by atoms with Gasteiger partial charge < -0.3 is 4.74 Å². The van der Waals surface area contributed by atoms with Crippen LogP contribution in [-0.4, -0.2) is 37.3 Å². The minimum Gasteiger partial charge on any atom is -0.493 e. The Morgan fingerprint density at radius 2 is 1.96 bits per heavy atom. The number of rotatable bonds is 4. The summed E-state index contributed by atoms with van der Waals surface area (Å²) in [5.74, 6) is 0.652. The molecule has 0 fully saturated rings. The summed E-state index contributed by atoms with van der Waals surface area (Å²) in [7, 11) is 0. The van der Waals surface area contributed by atoms with Gasteiger partial charge in [0, 0.05) is 11.8 Å². The lowest BCUT2D eigenvalue weighted by Crippen LogP contribution is -2.13. The van der Waals surface area contributed by atoms with E-state index in [1.54, 1.807) is 35.7 Å². The fourth-order valence-corrected chi connectivity index (χ4v) is 3.02.